The fourth-order valence-electron chi connectivity index (χ4n) is 1.84. The molecule has 0 radical (unpaired) electrons. The number of nitrogen functional groups attached to an aromatic ring is 1. The molecule has 0 aliphatic heterocycles. The van der Waals surface area contributed by atoms with Crippen LogP contribution in [0.1, 0.15) is 16.1 Å². The van der Waals surface area contributed by atoms with Gasteiger partial charge in [0, 0.05) is 37.1 Å². The van der Waals surface area contributed by atoms with Crippen molar-refractivity contribution in [2.24, 2.45) is 7.05 Å². The van der Waals surface area contributed by atoms with Gasteiger partial charge in [0.2, 0.25) is 0 Å². The lowest BCUT2D eigenvalue weighted by atomic mass is 10.2. The fourth-order valence-corrected chi connectivity index (χ4v) is 1.84. The van der Waals surface area contributed by atoms with Crippen LogP contribution in [0.4, 0.5) is 5.69 Å². The number of carbonyl (C=O) groups is 1. The lowest BCUT2D eigenvalue weighted by Gasteiger charge is -2.07. The number of aromatic nitrogens is 2. The number of ether oxygens (including phenoxy) is 2. The van der Waals surface area contributed by atoms with E-state index in [1.165, 1.54) is 7.11 Å². The number of aryl methyl sites for hydroxylation is 1. The molecule has 0 spiro atoms. The molecular weight excluding hydrogens is 258 g/mol. The first kappa shape index (κ1) is 13.9. The highest BCUT2D eigenvalue weighted by Gasteiger charge is 2.10. The smallest absolute Gasteiger partial charge is 0.338 e. The Morgan fingerprint density at radius 2 is 2.20 bits per heavy atom. The number of nitrogens with two attached hydrogens (primary N) is 1. The normalized spacial score (nSPS) is 10.3. The lowest BCUT2D eigenvalue weighted by Crippen LogP contribution is -2.10. The summed E-state index contributed by atoms with van der Waals surface area (Å²) in [6, 6.07) is 6.70. The van der Waals surface area contributed by atoms with Gasteiger partial charge < -0.3 is 15.2 Å². The summed E-state index contributed by atoms with van der Waals surface area (Å²) in [6.45, 7) is 0.287. The van der Waals surface area contributed by atoms with Gasteiger partial charge in [-0.3, -0.25) is 4.68 Å². The Bertz CT molecular complexity index is 607. The van der Waals surface area contributed by atoms with Gasteiger partial charge >= 0.3 is 5.97 Å². The van der Waals surface area contributed by atoms with Gasteiger partial charge in [-0.15, -0.1) is 0 Å². The second kappa shape index (κ2) is 6.10. The Hall–Kier alpha value is -2.50. The summed E-state index contributed by atoms with van der Waals surface area (Å²) in [6.07, 6.45) is 2.32. The molecule has 1 heterocycles. The monoisotopic (exact) mass is 275 g/mol. The molecule has 0 saturated carbocycles. The van der Waals surface area contributed by atoms with Gasteiger partial charge in [-0.2, -0.15) is 5.10 Å². The average Bonchev–Trinajstić information content (AvgIpc) is 2.83. The van der Waals surface area contributed by atoms with Gasteiger partial charge in [0.25, 0.3) is 0 Å². The topological polar surface area (TPSA) is 79.4 Å². The summed E-state index contributed by atoms with van der Waals surface area (Å²) in [5, 5.41) is 4.05. The van der Waals surface area contributed by atoms with Crippen LogP contribution in [0.25, 0.3) is 0 Å². The van der Waals surface area contributed by atoms with Crippen molar-refractivity contribution in [2.45, 2.75) is 6.42 Å². The van der Waals surface area contributed by atoms with Crippen molar-refractivity contribution in [3.8, 4) is 5.75 Å². The maximum atomic E-state index is 11.9. The Morgan fingerprint density at radius 3 is 2.85 bits per heavy atom. The van der Waals surface area contributed by atoms with Crippen LogP contribution in [0.5, 0.6) is 5.75 Å². The number of carbonyl (C=O) groups excluding carboxylic acids is 1. The molecule has 0 atom stereocenters. The summed E-state index contributed by atoms with van der Waals surface area (Å²) in [4.78, 5) is 11.9. The molecular formula is C14H17N3O3. The van der Waals surface area contributed by atoms with Crippen LogP contribution in [0.15, 0.2) is 30.5 Å². The van der Waals surface area contributed by atoms with E-state index in [0.29, 0.717) is 23.4 Å². The van der Waals surface area contributed by atoms with Gasteiger partial charge in [-0.1, -0.05) is 0 Å². The summed E-state index contributed by atoms with van der Waals surface area (Å²) in [5.74, 6) is 0.112. The molecule has 20 heavy (non-hydrogen) atoms. The van der Waals surface area contributed by atoms with Crippen molar-refractivity contribution in [1.82, 2.24) is 9.78 Å². The van der Waals surface area contributed by atoms with Crippen LogP contribution < -0.4 is 10.5 Å². The largest absolute Gasteiger partial charge is 0.497 e. The fraction of sp³-hybridized carbons (Fsp3) is 0.286. The third-order valence-electron chi connectivity index (χ3n) is 2.91. The van der Waals surface area contributed by atoms with Crippen LogP contribution in [-0.4, -0.2) is 29.5 Å². The predicted molar refractivity (Wildman–Crippen MR) is 74.6 cm³/mol. The Morgan fingerprint density at radius 1 is 1.40 bits per heavy atom. The third kappa shape index (κ3) is 3.28. The molecule has 0 saturated heterocycles. The van der Waals surface area contributed by atoms with Crippen molar-refractivity contribution in [3.63, 3.8) is 0 Å². The highest BCUT2D eigenvalue weighted by Crippen LogP contribution is 2.19. The van der Waals surface area contributed by atoms with Crippen LogP contribution in [0.2, 0.25) is 0 Å². The van der Waals surface area contributed by atoms with E-state index < -0.39 is 5.97 Å². The number of nitrogens with zero attached hydrogens (tertiary/aromatic N) is 2. The third-order valence-corrected chi connectivity index (χ3v) is 2.91. The number of benzene rings is 1. The molecule has 106 valence electrons. The van der Waals surface area contributed by atoms with Crippen molar-refractivity contribution in [3.05, 3.63) is 41.7 Å². The highest BCUT2D eigenvalue weighted by atomic mass is 16.5. The quantitative estimate of drug-likeness (QED) is 0.659. The molecule has 6 nitrogen and oxygen atoms in total. The molecule has 0 bridgehead atoms. The zero-order valence-electron chi connectivity index (χ0n) is 11.5. The van der Waals surface area contributed by atoms with E-state index in [-0.39, 0.29) is 6.61 Å². The van der Waals surface area contributed by atoms with E-state index in [0.717, 1.165) is 5.69 Å². The number of esters is 1. The Labute approximate surface area is 117 Å². The molecule has 0 amide bonds. The van der Waals surface area contributed by atoms with E-state index in [4.69, 9.17) is 15.2 Å². The first-order valence-electron chi connectivity index (χ1n) is 6.18. The standard InChI is InChI=1S/C14H17N3O3/c1-17-12(3-5-16-17)4-6-20-14(18)10-7-11(15)9-13(8-10)19-2/h3,5,7-9H,4,6,15H2,1-2H3. The van der Waals surface area contributed by atoms with E-state index in [1.807, 2.05) is 13.1 Å². The van der Waals surface area contributed by atoms with Gasteiger partial charge in [0.1, 0.15) is 5.75 Å². The van der Waals surface area contributed by atoms with E-state index in [2.05, 4.69) is 5.10 Å². The lowest BCUT2D eigenvalue weighted by molar-refractivity contribution is 0.0507. The molecule has 6 heteroatoms. The summed E-state index contributed by atoms with van der Waals surface area (Å²) < 4.78 is 12.0. The zero-order chi connectivity index (χ0) is 14.5. The second-order valence-corrected chi connectivity index (χ2v) is 4.33. The first-order chi connectivity index (χ1) is 9.60. The number of anilines is 1. The van der Waals surface area contributed by atoms with Gasteiger partial charge in [-0.25, -0.2) is 4.79 Å². The van der Waals surface area contributed by atoms with E-state index >= 15 is 0 Å². The minimum atomic E-state index is -0.419. The van der Waals surface area contributed by atoms with Crippen LogP contribution in [0, 0.1) is 0 Å². The van der Waals surface area contributed by atoms with Crippen LogP contribution in [-0.2, 0) is 18.2 Å². The van der Waals surface area contributed by atoms with Crippen molar-refractivity contribution in [1.29, 1.82) is 0 Å². The van der Waals surface area contributed by atoms with Crippen LogP contribution in [0.3, 0.4) is 0 Å². The predicted octanol–water partition coefficient (Wildman–Crippen LogP) is 1.41. The van der Waals surface area contributed by atoms with Crippen LogP contribution >= 0.6 is 0 Å². The minimum absolute atomic E-state index is 0.287. The molecule has 2 N–H and O–H groups in total. The molecule has 0 aliphatic rings. The number of hydrogen-bond acceptors (Lipinski definition) is 5. The van der Waals surface area contributed by atoms with Gasteiger partial charge in [-0.05, 0) is 18.2 Å². The zero-order valence-corrected chi connectivity index (χ0v) is 11.5. The minimum Gasteiger partial charge on any atom is -0.497 e. The van der Waals surface area contributed by atoms with Crippen molar-refractivity contribution >= 4 is 11.7 Å². The molecule has 2 aromatic rings. The molecule has 2 rings (SSSR count). The Kier molecular flexibility index (Phi) is 4.24. The molecule has 0 aliphatic carbocycles. The SMILES string of the molecule is COc1cc(N)cc(C(=O)OCCc2ccnn2C)c1. The summed E-state index contributed by atoms with van der Waals surface area (Å²) in [5.41, 5.74) is 7.54. The number of rotatable bonds is 5. The molecule has 0 fully saturated rings. The van der Waals surface area contributed by atoms with E-state index in [9.17, 15) is 4.79 Å². The number of methoxy groups -OCH3 is 1. The maximum absolute atomic E-state index is 11.9. The van der Waals surface area contributed by atoms with Crippen molar-refractivity contribution < 1.29 is 14.3 Å². The first-order valence-corrected chi connectivity index (χ1v) is 6.18. The maximum Gasteiger partial charge on any atom is 0.338 e. The molecule has 1 aromatic carbocycles. The highest BCUT2D eigenvalue weighted by molar-refractivity contribution is 5.91. The molecule has 1 aromatic heterocycles. The summed E-state index contributed by atoms with van der Waals surface area (Å²) >= 11 is 0. The summed E-state index contributed by atoms with van der Waals surface area (Å²) in [7, 11) is 3.37. The number of hydrogen-bond donors (Lipinski definition) is 1. The average molecular weight is 275 g/mol. The molecule has 0 unspecified atom stereocenters. The second-order valence-electron chi connectivity index (χ2n) is 4.33. The van der Waals surface area contributed by atoms with Gasteiger partial charge in [0.05, 0.1) is 19.3 Å². The van der Waals surface area contributed by atoms with E-state index in [1.54, 1.807) is 29.1 Å². The van der Waals surface area contributed by atoms with Crippen molar-refractivity contribution in [2.75, 3.05) is 19.5 Å². The Balaban J connectivity index is 1.95. The van der Waals surface area contributed by atoms with Gasteiger partial charge in [0.15, 0.2) is 0 Å².